The highest BCUT2D eigenvalue weighted by Crippen LogP contribution is 2.30. The zero-order valence-corrected chi connectivity index (χ0v) is 18.7. The Kier molecular flexibility index (Phi) is 5.43. The minimum Gasteiger partial charge on any atom is -0.358 e. The summed E-state index contributed by atoms with van der Waals surface area (Å²) in [4.78, 5) is 33.8. The number of nitrogens with zero attached hydrogens (tertiary/aromatic N) is 5. The number of benzene rings is 2. The van der Waals surface area contributed by atoms with Crippen LogP contribution < -0.4 is 10.9 Å². The summed E-state index contributed by atoms with van der Waals surface area (Å²) in [5.74, 6) is 0.150. The topological polar surface area (TPSA) is 101 Å². The number of halogens is 3. The first-order chi connectivity index (χ1) is 16.0. The van der Waals surface area contributed by atoms with E-state index in [0.717, 1.165) is 0 Å². The van der Waals surface area contributed by atoms with Gasteiger partial charge in [-0.1, -0.05) is 36.2 Å². The Balaban J connectivity index is 1.78. The molecule has 0 bridgehead atoms. The monoisotopic (exact) mass is 483 g/mol. The van der Waals surface area contributed by atoms with Crippen LogP contribution in [0.4, 0.5) is 10.2 Å². The summed E-state index contributed by atoms with van der Waals surface area (Å²) in [6, 6.07) is 8.57. The number of fused-ring (bicyclic) bond motifs is 2. The summed E-state index contributed by atoms with van der Waals surface area (Å²) in [7, 11) is 0. The van der Waals surface area contributed by atoms with Gasteiger partial charge in [-0.25, -0.2) is 24.3 Å². The number of rotatable bonds is 5. The Morgan fingerprint density at radius 1 is 1.18 bits per heavy atom. The molecular formula is C22H16Cl2FN7O. The normalized spacial score (nSPS) is 12.4. The molecule has 0 aliphatic rings. The minimum atomic E-state index is -0.667. The maximum atomic E-state index is 14.7. The first kappa shape index (κ1) is 21.3. The van der Waals surface area contributed by atoms with E-state index in [2.05, 4.69) is 30.2 Å². The average molecular weight is 484 g/mol. The van der Waals surface area contributed by atoms with E-state index in [1.54, 1.807) is 24.3 Å². The van der Waals surface area contributed by atoms with Gasteiger partial charge in [-0.05, 0) is 36.8 Å². The molecule has 3 heterocycles. The van der Waals surface area contributed by atoms with Crippen molar-refractivity contribution in [1.29, 1.82) is 0 Å². The van der Waals surface area contributed by atoms with Gasteiger partial charge in [-0.3, -0.25) is 9.36 Å². The van der Waals surface area contributed by atoms with Crippen molar-refractivity contribution >= 4 is 51.1 Å². The van der Waals surface area contributed by atoms with Crippen molar-refractivity contribution in [2.45, 2.75) is 19.4 Å². The van der Waals surface area contributed by atoms with Crippen molar-refractivity contribution in [2.24, 2.45) is 0 Å². The summed E-state index contributed by atoms with van der Waals surface area (Å²) >= 11 is 12.6. The molecule has 11 heteroatoms. The van der Waals surface area contributed by atoms with Gasteiger partial charge in [-0.2, -0.15) is 0 Å². The third kappa shape index (κ3) is 3.69. The Morgan fingerprint density at radius 3 is 2.85 bits per heavy atom. The summed E-state index contributed by atoms with van der Waals surface area (Å²) < 4.78 is 16.0. The lowest BCUT2D eigenvalue weighted by molar-refractivity contribution is 0.630. The summed E-state index contributed by atoms with van der Waals surface area (Å²) in [6.07, 6.45) is 3.43. The molecule has 0 unspecified atom stereocenters. The SMILES string of the molecule is CC[C@H](Nc1ncnc2nc[nH]c12)c1nc2cccc(F)c2c(=O)n1-c1cc(Cl)ccc1Cl. The van der Waals surface area contributed by atoms with Crippen LogP contribution in [0.15, 0.2) is 53.8 Å². The zero-order valence-electron chi connectivity index (χ0n) is 17.2. The van der Waals surface area contributed by atoms with Crippen molar-refractivity contribution < 1.29 is 4.39 Å². The predicted octanol–water partition coefficient (Wildman–Crippen LogP) is 5.06. The Morgan fingerprint density at radius 2 is 2.03 bits per heavy atom. The predicted molar refractivity (Wildman–Crippen MR) is 126 cm³/mol. The molecule has 166 valence electrons. The number of H-pyrrole nitrogens is 1. The molecule has 1 atom stereocenters. The second-order valence-corrected chi connectivity index (χ2v) is 8.11. The minimum absolute atomic E-state index is 0.134. The number of nitrogens with one attached hydrogen (secondary N) is 2. The van der Waals surface area contributed by atoms with E-state index >= 15 is 0 Å². The van der Waals surface area contributed by atoms with Gasteiger partial charge in [0.05, 0.1) is 28.6 Å². The van der Waals surface area contributed by atoms with Crippen molar-refractivity contribution in [2.75, 3.05) is 5.32 Å². The second kappa shape index (κ2) is 8.42. The number of imidazole rings is 1. The molecule has 0 fully saturated rings. The van der Waals surface area contributed by atoms with Gasteiger partial charge in [0.15, 0.2) is 11.5 Å². The fourth-order valence-corrected chi connectivity index (χ4v) is 4.09. The number of aromatic nitrogens is 6. The third-order valence-corrected chi connectivity index (χ3v) is 5.83. The van der Waals surface area contributed by atoms with Crippen LogP contribution in [0, 0.1) is 5.82 Å². The van der Waals surface area contributed by atoms with Gasteiger partial charge >= 0.3 is 0 Å². The molecule has 5 rings (SSSR count). The molecule has 0 radical (unpaired) electrons. The van der Waals surface area contributed by atoms with E-state index in [1.165, 1.54) is 29.4 Å². The van der Waals surface area contributed by atoms with Crippen LogP contribution in [0.25, 0.3) is 27.8 Å². The van der Waals surface area contributed by atoms with Crippen LogP contribution in [0.1, 0.15) is 25.2 Å². The van der Waals surface area contributed by atoms with Crippen LogP contribution in [0.3, 0.4) is 0 Å². The summed E-state index contributed by atoms with van der Waals surface area (Å²) in [6.45, 7) is 1.93. The van der Waals surface area contributed by atoms with Crippen LogP contribution >= 0.6 is 23.2 Å². The quantitative estimate of drug-likeness (QED) is 0.362. The number of anilines is 1. The molecule has 0 spiro atoms. The molecule has 5 aromatic rings. The maximum Gasteiger partial charge on any atom is 0.269 e. The zero-order chi connectivity index (χ0) is 23.1. The summed E-state index contributed by atoms with van der Waals surface area (Å²) in [5.41, 5.74) is 1.05. The van der Waals surface area contributed by atoms with Crippen molar-refractivity contribution in [3.63, 3.8) is 0 Å². The lowest BCUT2D eigenvalue weighted by Crippen LogP contribution is -2.29. The fourth-order valence-electron chi connectivity index (χ4n) is 3.72. The number of aromatic amines is 1. The molecule has 2 N–H and O–H groups in total. The van der Waals surface area contributed by atoms with Crippen LogP contribution in [-0.2, 0) is 0 Å². The Hall–Kier alpha value is -3.56. The van der Waals surface area contributed by atoms with Crippen LogP contribution in [0.5, 0.6) is 0 Å². The van der Waals surface area contributed by atoms with Gasteiger partial charge in [0.1, 0.15) is 28.9 Å². The third-order valence-electron chi connectivity index (χ3n) is 5.28. The highest BCUT2D eigenvalue weighted by atomic mass is 35.5. The van der Waals surface area contributed by atoms with Gasteiger partial charge < -0.3 is 10.3 Å². The number of hydrogen-bond acceptors (Lipinski definition) is 6. The molecule has 2 aromatic carbocycles. The molecule has 0 aliphatic heterocycles. The van der Waals surface area contributed by atoms with E-state index < -0.39 is 17.4 Å². The molecular weight excluding hydrogens is 468 g/mol. The van der Waals surface area contributed by atoms with Crippen molar-refractivity contribution in [3.8, 4) is 5.69 Å². The van der Waals surface area contributed by atoms with Gasteiger partial charge in [0, 0.05) is 5.02 Å². The summed E-state index contributed by atoms with van der Waals surface area (Å²) in [5, 5.41) is 3.82. The van der Waals surface area contributed by atoms with Crippen LogP contribution in [0.2, 0.25) is 10.0 Å². The molecule has 0 aliphatic carbocycles. The maximum absolute atomic E-state index is 14.7. The van der Waals surface area contributed by atoms with E-state index in [1.807, 2.05) is 6.92 Å². The highest BCUT2D eigenvalue weighted by Gasteiger charge is 2.24. The lowest BCUT2D eigenvalue weighted by Gasteiger charge is -2.23. The molecule has 0 saturated heterocycles. The molecule has 3 aromatic heterocycles. The Labute approximate surface area is 196 Å². The van der Waals surface area contributed by atoms with Crippen molar-refractivity contribution in [3.05, 3.63) is 81.1 Å². The largest absolute Gasteiger partial charge is 0.358 e. The molecule has 8 nitrogen and oxygen atoms in total. The Bertz CT molecular complexity index is 1570. The van der Waals surface area contributed by atoms with E-state index in [0.29, 0.717) is 39.9 Å². The van der Waals surface area contributed by atoms with E-state index in [-0.39, 0.29) is 15.9 Å². The molecule has 0 saturated carbocycles. The highest BCUT2D eigenvalue weighted by molar-refractivity contribution is 6.34. The second-order valence-electron chi connectivity index (χ2n) is 7.27. The fraction of sp³-hybridized carbons (Fsp3) is 0.136. The standard InChI is InChI=1S/C22H16Cl2FN7O/c1-2-14(30-20-18-19(27-9-26-18)28-10-29-20)21-31-15-5-3-4-13(25)17(15)22(33)32(21)16-8-11(23)6-7-12(16)24/h3-10,14H,2H2,1H3,(H2,26,27,28,29,30)/t14-/m0/s1. The van der Waals surface area contributed by atoms with E-state index in [4.69, 9.17) is 23.2 Å². The lowest BCUT2D eigenvalue weighted by atomic mass is 10.1. The van der Waals surface area contributed by atoms with Crippen molar-refractivity contribution in [1.82, 2.24) is 29.5 Å². The molecule has 33 heavy (non-hydrogen) atoms. The van der Waals surface area contributed by atoms with E-state index in [9.17, 15) is 9.18 Å². The van der Waals surface area contributed by atoms with Gasteiger partial charge in [-0.15, -0.1) is 0 Å². The first-order valence-electron chi connectivity index (χ1n) is 10.0. The average Bonchev–Trinajstić information content (AvgIpc) is 3.29. The van der Waals surface area contributed by atoms with Gasteiger partial charge in [0.25, 0.3) is 5.56 Å². The van der Waals surface area contributed by atoms with Gasteiger partial charge in [0.2, 0.25) is 0 Å². The number of hydrogen-bond donors (Lipinski definition) is 2. The smallest absolute Gasteiger partial charge is 0.269 e. The first-order valence-corrected chi connectivity index (χ1v) is 10.8. The molecule has 0 amide bonds. The van der Waals surface area contributed by atoms with Crippen LogP contribution in [-0.4, -0.2) is 29.5 Å².